The average Bonchev–Trinajstić information content (AvgIpc) is 3.72. The van der Waals surface area contributed by atoms with Crippen molar-refractivity contribution < 1.29 is 60.8 Å². The average molecular weight is 594 g/mol. The zero-order valence-electron chi connectivity index (χ0n) is 21.0. The van der Waals surface area contributed by atoms with Crippen molar-refractivity contribution in [1.82, 2.24) is 0 Å². The zero-order chi connectivity index (χ0) is 25.3. The van der Waals surface area contributed by atoms with Crippen molar-refractivity contribution in [3.8, 4) is 0 Å². The second kappa shape index (κ2) is 15.1. The SMILES string of the molecule is Fc1cc(NC[C@@H]2CO2)ccc1N1CCOCC1.[CH2-][C@H](O)CNc1ccc(N2CCOCC2)c(F)c1.[Y]. The molecule has 37 heavy (non-hydrogen) atoms. The summed E-state index contributed by atoms with van der Waals surface area (Å²) in [6.07, 6.45) is -0.404. The number of morpholine rings is 2. The minimum atomic E-state index is -0.702. The second-order valence-corrected chi connectivity index (χ2v) is 8.90. The Bertz CT molecular complexity index is 902. The van der Waals surface area contributed by atoms with Crippen LogP contribution in [0, 0.1) is 18.6 Å². The van der Waals surface area contributed by atoms with Gasteiger partial charge in [0.05, 0.1) is 50.5 Å². The van der Waals surface area contributed by atoms with Crippen LogP contribution in [0.3, 0.4) is 0 Å². The van der Waals surface area contributed by atoms with Crippen LogP contribution < -0.4 is 20.4 Å². The number of ether oxygens (including phenoxy) is 3. The second-order valence-electron chi connectivity index (χ2n) is 8.90. The molecular weight excluding hydrogens is 559 g/mol. The van der Waals surface area contributed by atoms with Crippen LogP contribution in [0.15, 0.2) is 36.4 Å². The number of halogens is 2. The maximum Gasteiger partial charge on any atom is 0.148 e. The van der Waals surface area contributed by atoms with Crippen molar-refractivity contribution in [3.63, 3.8) is 0 Å². The Labute approximate surface area is 242 Å². The molecule has 2 atom stereocenters. The summed E-state index contributed by atoms with van der Waals surface area (Å²) in [5.74, 6) is -0.445. The molecule has 3 aliphatic rings. The van der Waals surface area contributed by atoms with E-state index in [1.165, 1.54) is 6.07 Å². The molecule has 0 spiro atoms. The summed E-state index contributed by atoms with van der Waals surface area (Å²) in [7, 11) is 0. The minimum absolute atomic E-state index is 0. The van der Waals surface area contributed by atoms with Crippen molar-refractivity contribution in [2.45, 2.75) is 12.2 Å². The van der Waals surface area contributed by atoms with E-state index in [9.17, 15) is 8.78 Å². The number of hydrogen-bond acceptors (Lipinski definition) is 8. The fraction of sp³-hybridized carbons (Fsp3) is 0.500. The minimum Gasteiger partial charge on any atom is -0.424 e. The van der Waals surface area contributed by atoms with Gasteiger partial charge in [-0.3, -0.25) is 0 Å². The van der Waals surface area contributed by atoms with E-state index in [0.29, 0.717) is 69.2 Å². The first kappa shape index (κ1) is 30.0. The molecular formula is C26H35F2N4O4Y-. The molecule has 0 saturated carbocycles. The topological polar surface area (TPSA) is 81.8 Å². The Morgan fingerprint density at radius 3 is 1.73 bits per heavy atom. The van der Waals surface area contributed by atoms with Gasteiger partial charge in [-0.1, -0.05) is 6.10 Å². The first-order chi connectivity index (χ1) is 17.5. The third-order valence-corrected chi connectivity index (χ3v) is 6.08. The van der Waals surface area contributed by atoms with Crippen LogP contribution in [0.1, 0.15) is 0 Å². The van der Waals surface area contributed by atoms with Crippen LogP contribution in [-0.4, -0.2) is 89.6 Å². The van der Waals surface area contributed by atoms with Crippen molar-refractivity contribution in [1.29, 1.82) is 0 Å². The van der Waals surface area contributed by atoms with Crippen molar-refractivity contribution in [3.05, 3.63) is 55.0 Å². The van der Waals surface area contributed by atoms with Gasteiger partial charge in [-0.05, 0) is 36.4 Å². The van der Waals surface area contributed by atoms with Crippen LogP contribution in [0.2, 0.25) is 0 Å². The Balaban J connectivity index is 0.000000200. The number of benzene rings is 2. The number of nitrogens with zero attached hydrogens (tertiary/aromatic N) is 2. The van der Waals surface area contributed by atoms with Crippen LogP contribution in [0.4, 0.5) is 31.5 Å². The summed E-state index contributed by atoms with van der Waals surface area (Å²) < 4.78 is 43.6. The molecule has 2 aromatic carbocycles. The Morgan fingerprint density at radius 2 is 1.32 bits per heavy atom. The quantitative estimate of drug-likeness (QED) is 0.318. The van der Waals surface area contributed by atoms with E-state index in [1.807, 2.05) is 21.9 Å². The van der Waals surface area contributed by atoms with Crippen LogP contribution >= 0.6 is 0 Å². The van der Waals surface area contributed by atoms with Gasteiger partial charge in [0, 0.05) is 83.4 Å². The number of anilines is 4. The molecule has 0 aromatic heterocycles. The van der Waals surface area contributed by atoms with Crippen LogP contribution in [-0.2, 0) is 46.9 Å². The van der Waals surface area contributed by atoms with Gasteiger partial charge in [0.25, 0.3) is 0 Å². The van der Waals surface area contributed by atoms with Crippen molar-refractivity contribution >= 4 is 22.7 Å². The first-order valence-electron chi connectivity index (χ1n) is 12.3. The molecule has 0 aliphatic carbocycles. The maximum absolute atomic E-state index is 14.0. The molecule has 3 aliphatic heterocycles. The molecule has 1 radical (unpaired) electrons. The number of aliphatic hydroxyl groups excluding tert-OH is 1. The van der Waals surface area contributed by atoms with E-state index in [1.54, 1.807) is 18.2 Å². The first-order valence-corrected chi connectivity index (χ1v) is 12.3. The fourth-order valence-electron chi connectivity index (χ4n) is 4.01. The molecule has 8 nitrogen and oxygen atoms in total. The summed E-state index contributed by atoms with van der Waals surface area (Å²) >= 11 is 0. The predicted molar refractivity (Wildman–Crippen MR) is 137 cm³/mol. The number of epoxide rings is 1. The van der Waals surface area contributed by atoms with Crippen LogP contribution in [0.25, 0.3) is 0 Å². The van der Waals surface area contributed by atoms with Gasteiger partial charge in [-0.2, -0.15) is 0 Å². The van der Waals surface area contributed by atoms with Gasteiger partial charge >= 0.3 is 0 Å². The smallest absolute Gasteiger partial charge is 0.148 e. The van der Waals surface area contributed by atoms with E-state index in [-0.39, 0.29) is 44.3 Å². The Morgan fingerprint density at radius 1 is 0.865 bits per heavy atom. The van der Waals surface area contributed by atoms with Gasteiger partial charge in [0.15, 0.2) is 0 Å². The van der Waals surface area contributed by atoms with Gasteiger partial charge in [-0.25, -0.2) is 8.78 Å². The fourth-order valence-corrected chi connectivity index (χ4v) is 4.01. The largest absolute Gasteiger partial charge is 0.424 e. The summed E-state index contributed by atoms with van der Waals surface area (Å²) in [5.41, 5.74) is 2.71. The zero-order valence-corrected chi connectivity index (χ0v) is 23.8. The standard InChI is InChI=1S/C13H17FN2O2.C13H18FN2O2.Y/c14-12-7-10(15-8-11-9-18-11)1-2-13(12)16-3-5-17-6-4-16;1-10(17)9-15-11-2-3-13(12(14)8-11)16-4-6-18-7-5-16;/h1-2,7,11,15H,3-6,8-9H2;2-3,8,10,15,17H,1,4-7,9H2;/q;-1;/t11-;10-;/m10./s1. The third kappa shape index (κ3) is 9.60. The molecule has 11 heteroatoms. The third-order valence-electron chi connectivity index (χ3n) is 6.08. The number of hydrogen-bond donors (Lipinski definition) is 3. The number of nitrogens with one attached hydrogen (secondary N) is 2. The Kier molecular flexibility index (Phi) is 12.3. The van der Waals surface area contributed by atoms with Crippen molar-refractivity contribution in [2.24, 2.45) is 0 Å². The van der Waals surface area contributed by atoms with E-state index >= 15 is 0 Å². The van der Waals surface area contributed by atoms with E-state index in [4.69, 9.17) is 19.3 Å². The van der Waals surface area contributed by atoms with Gasteiger partial charge < -0.3 is 46.7 Å². The summed E-state index contributed by atoms with van der Waals surface area (Å²) in [4.78, 5) is 3.99. The molecule has 5 rings (SSSR count). The monoisotopic (exact) mass is 594 g/mol. The maximum atomic E-state index is 14.0. The summed E-state index contributed by atoms with van der Waals surface area (Å²) in [6, 6.07) is 10.3. The molecule has 3 fully saturated rings. The number of rotatable bonds is 8. The predicted octanol–water partition coefficient (Wildman–Crippen LogP) is 2.74. The van der Waals surface area contributed by atoms with Gasteiger partial charge in [-0.15, -0.1) is 0 Å². The normalized spacial score (nSPS) is 19.7. The van der Waals surface area contributed by atoms with E-state index in [0.717, 1.165) is 31.9 Å². The van der Waals surface area contributed by atoms with E-state index in [2.05, 4.69) is 17.6 Å². The molecule has 0 bridgehead atoms. The van der Waals surface area contributed by atoms with E-state index < -0.39 is 6.10 Å². The summed E-state index contributed by atoms with van der Waals surface area (Å²) in [6.45, 7) is 10.8. The molecule has 3 saturated heterocycles. The molecule has 0 amide bonds. The molecule has 3 heterocycles. The van der Waals surface area contributed by atoms with Crippen molar-refractivity contribution in [2.75, 3.05) is 92.7 Å². The summed E-state index contributed by atoms with van der Waals surface area (Å²) in [5, 5.41) is 15.1. The Hall–Kier alpha value is -1.56. The molecule has 2 aromatic rings. The van der Waals surface area contributed by atoms with Crippen LogP contribution in [0.5, 0.6) is 0 Å². The van der Waals surface area contributed by atoms with Gasteiger partial charge in [0.1, 0.15) is 11.6 Å². The number of aliphatic hydroxyl groups is 1. The molecule has 3 N–H and O–H groups in total. The molecule has 201 valence electrons. The van der Waals surface area contributed by atoms with Gasteiger partial charge in [0.2, 0.25) is 0 Å². The molecule has 0 unspecified atom stereocenters.